The van der Waals surface area contributed by atoms with E-state index in [2.05, 4.69) is 25.8 Å². The molecule has 5 rings (SSSR count). The second-order valence-electron chi connectivity index (χ2n) is 11.6. The van der Waals surface area contributed by atoms with Gasteiger partial charge in [0.25, 0.3) is 5.69 Å². The number of hydrogen-bond donors (Lipinski definition) is 3. The van der Waals surface area contributed by atoms with Crippen LogP contribution in [0.1, 0.15) is 57.4 Å². The average Bonchev–Trinajstić information content (AvgIpc) is 3.38. The number of hydrogen-bond acceptors (Lipinski definition) is 8. The van der Waals surface area contributed by atoms with Crippen molar-refractivity contribution < 1.29 is 24.8 Å². The third-order valence-corrected chi connectivity index (χ3v) is 9.26. The standard InChI is InChI=1S/C33H41N7O5.ClH.H2O/c1-3-27-30(35-22-41)29(24-11-13-26(14-12-24)40(44)45)31(28(4-2)36-27)38(23-42)18-8-17-37-19-15-33(16-20-37)32(43)34-21-39(33)25-9-6-5-7-10-25;;/h5-7,9-14,22-23,29,36H,3-4,8,15-21H2,1-2H3,(H,34,43)(H,35,41);1H;1H2/t29-;;/m0../s1. The Bertz CT molecular complexity index is 1480. The Kier molecular flexibility index (Phi) is 12.9. The first kappa shape index (κ1) is 37.0. The fourth-order valence-corrected chi connectivity index (χ4v) is 6.91. The number of benzene rings is 2. The van der Waals surface area contributed by atoms with Crippen molar-refractivity contribution in [2.75, 3.05) is 37.7 Å². The first-order valence-electron chi connectivity index (χ1n) is 15.6. The molecule has 0 aliphatic carbocycles. The van der Waals surface area contributed by atoms with Crippen molar-refractivity contribution in [2.24, 2.45) is 0 Å². The van der Waals surface area contributed by atoms with E-state index in [0.29, 0.717) is 57.4 Å². The maximum atomic E-state index is 13.0. The molecule has 13 nitrogen and oxygen atoms in total. The smallest absolute Gasteiger partial charge is 0.269 e. The van der Waals surface area contributed by atoms with Gasteiger partial charge in [-0.05, 0) is 56.3 Å². The zero-order chi connectivity index (χ0) is 32.0. The Morgan fingerprint density at radius 2 is 1.70 bits per heavy atom. The number of nitrogens with zero attached hydrogens (tertiary/aromatic N) is 4. The molecule has 0 unspecified atom stereocenters. The third-order valence-electron chi connectivity index (χ3n) is 9.26. The molecule has 3 amide bonds. The summed E-state index contributed by atoms with van der Waals surface area (Å²) in [6.45, 7) is 7.23. The number of carbonyl (C=O) groups is 3. The highest BCUT2D eigenvalue weighted by molar-refractivity contribution is 5.93. The number of nitro groups is 1. The van der Waals surface area contributed by atoms with Crippen molar-refractivity contribution in [3.63, 3.8) is 0 Å². The molecule has 3 aliphatic rings. The number of carbonyl (C=O) groups excluding carboxylic acids is 3. The van der Waals surface area contributed by atoms with E-state index >= 15 is 0 Å². The number of para-hydroxylation sites is 1. The Balaban J connectivity index is 0.00000300. The van der Waals surface area contributed by atoms with Gasteiger partial charge in [-0.3, -0.25) is 24.5 Å². The van der Waals surface area contributed by atoms with Gasteiger partial charge in [0.1, 0.15) is 5.54 Å². The summed E-state index contributed by atoms with van der Waals surface area (Å²) in [7, 11) is 0. The van der Waals surface area contributed by atoms with Gasteiger partial charge in [0, 0.05) is 48.8 Å². The number of nitrogens with one attached hydrogen (secondary N) is 3. The fraction of sp³-hybridized carbons (Fsp3) is 0.424. The highest BCUT2D eigenvalue weighted by Crippen LogP contribution is 2.40. The summed E-state index contributed by atoms with van der Waals surface area (Å²) in [5, 5.41) is 20.7. The van der Waals surface area contributed by atoms with Crippen LogP contribution in [0.2, 0.25) is 0 Å². The molecule has 5 N–H and O–H groups in total. The van der Waals surface area contributed by atoms with Crippen molar-refractivity contribution in [3.8, 4) is 0 Å². The second kappa shape index (κ2) is 16.4. The van der Waals surface area contributed by atoms with Crippen LogP contribution in [-0.4, -0.2) is 77.3 Å². The van der Waals surface area contributed by atoms with Gasteiger partial charge >= 0.3 is 0 Å². The number of likely N-dealkylation sites (tertiary alicyclic amines) is 1. The van der Waals surface area contributed by atoms with Gasteiger partial charge in [-0.1, -0.05) is 44.2 Å². The van der Waals surface area contributed by atoms with Crippen LogP contribution in [-0.2, 0) is 14.4 Å². The zero-order valence-electron chi connectivity index (χ0n) is 26.7. The lowest BCUT2D eigenvalue weighted by Crippen LogP contribution is -2.56. The summed E-state index contributed by atoms with van der Waals surface area (Å²) in [4.78, 5) is 54.5. The Morgan fingerprint density at radius 1 is 1.04 bits per heavy atom. The number of non-ortho nitro benzene ring substituents is 1. The fourth-order valence-electron chi connectivity index (χ4n) is 6.91. The van der Waals surface area contributed by atoms with E-state index in [9.17, 15) is 24.5 Å². The molecule has 3 heterocycles. The van der Waals surface area contributed by atoms with Crippen LogP contribution in [0, 0.1) is 10.1 Å². The first-order valence-corrected chi connectivity index (χ1v) is 15.6. The molecule has 0 saturated carbocycles. The van der Waals surface area contributed by atoms with Crippen molar-refractivity contribution in [3.05, 3.63) is 93.1 Å². The monoisotopic (exact) mass is 669 g/mol. The molecule has 2 aromatic rings. The molecular weight excluding hydrogens is 626 g/mol. The summed E-state index contributed by atoms with van der Waals surface area (Å²) in [5.74, 6) is -0.412. The minimum atomic E-state index is -0.551. The summed E-state index contributed by atoms with van der Waals surface area (Å²) < 4.78 is 0. The van der Waals surface area contributed by atoms with Gasteiger partial charge in [0.15, 0.2) is 0 Å². The number of halogens is 1. The highest BCUT2D eigenvalue weighted by atomic mass is 35.5. The van der Waals surface area contributed by atoms with Crippen LogP contribution < -0.4 is 20.9 Å². The predicted octanol–water partition coefficient (Wildman–Crippen LogP) is 3.14. The van der Waals surface area contributed by atoms with Crippen molar-refractivity contribution in [1.29, 1.82) is 0 Å². The average molecular weight is 670 g/mol. The van der Waals surface area contributed by atoms with E-state index in [1.165, 1.54) is 12.1 Å². The molecule has 1 spiro atoms. The van der Waals surface area contributed by atoms with Gasteiger partial charge in [0.2, 0.25) is 18.7 Å². The lowest BCUT2D eigenvalue weighted by atomic mass is 9.85. The number of anilines is 1. The second-order valence-corrected chi connectivity index (χ2v) is 11.6. The number of allylic oxidation sites excluding steroid dienone is 2. The summed E-state index contributed by atoms with van der Waals surface area (Å²) in [5.41, 5.74) is 4.25. The minimum absolute atomic E-state index is 0. The number of piperidine rings is 1. The molecule has 0 radical (unpaired) electrons. The molecular formula is C33H44ClN7O6. The van der Waals surface area contributed by atoms with Crippen LogP contribution in [0.15, 0.2) is 77.4 Å². The Hall–Kier alpha value is -4.46. The quantitative estimate of drug-likeness (QED) is 0.166. The molecule has 14 heteroatoms. The largest absolute Gasteiger partial charge is 0.412 e. The Morgan fingerprint density at radius 3 is 2.28 bits per heavy atom. The van der Waals surface area contributed by atoms with Gasteiger partial charge in [-0.2, -0.15) is 0 Å². The van der Waals surface area contributed by atoms with Crippen LogP contribution in [0.3, 0.4) is 0 Å². The molecule has 254 valence electrons. The molecule has 1 atom stereocenters. The highest BCUT2D eigenvalue weighted by Gasteiger charge is 2.50. The predicted molar refractivity (Wildman–Crippen MR) is 181 cm³/mol. The molecule has 2 saturated heterocycles. The van der Waals surface area contributed by atoms with Gasteiger partial charge in [-0.15, -0.1) is 12.4 Å². The Labute approximate surface area is 280 Å². The third kappa shape index (κ3) is 7.42. The maximum Gasteiger partial charge on any atom is 0.269 e. The normalized spacial score (nSPS) is 18.9. The number of amides is 3. The first-order chi connectivity index (χ1) is 21.9. The van der Waals surface area contributed by atoms with Gasteiger partial charge in [0.05, 0.1) is 28.9 Å². The zero-order valence-corrected chi connectivity index (χ0v) is 27.6. The molecule has 3 aliphatic heterocycles. The summed E-state index contributed by atoms with van der Waals surface area (Å²) >= 11 is 0. The van der Waals surface area contributed by atoms with Gasteiger partial charge < -0.3 is 36.1 Å². The summed E-state index contributed by atoms with van der Waals surface area (Å²) in [6, 6.07) is 16.3. The SMILES string of the molecule is CCC1=C(NC=O)[C@H](c2ccc([N+](=O)[O-])cc2)C(N(C=O)CCCN2CCC3(CC2)C(=O)NCN3c2ccccc2)=C(CC)N1.Cl.O. The van der Waals surface area contributed by atoms with E-state index in [1.54, 1.807) is 17.0 Å². The molecule has 2 aromatic carbocycles. The molecule has 47 heavy (non-hydrogen) atoms. The topological polar surface area (TPSA) is 172 Å². The van der Waals surface area contributed by atoms with Crippen molar-refractivity contribution >= 4 is 42.5 Å². The van der Waals surface area contributed by atoms with E-state index < -0.39 is 16.4 Å². The molecule has 2 fully saturated rings. The number of nitro benzene ring substituents is 1. The molecule has 0 aromatic heterocycles. The van der Waals surface area contributed by atoms with E-state index in [0.717, 1.165) is 54.4 Å². The number of dihydropyridines is 1. The van der Waals surface area contributed by atoms with Crippen LogP contribution in [0.25, 0.3) is 0 Å². The molecule has 0 bridgehead atoms. The van der Waals surface area contributed by atoms with E-state index in [1.807, 2.05) is 44.2 Å². The number of rotatable bonds is 13. The van der Waals surface area contributed by atoms with Crippen molar-refractivity contribution in [1.82, 2.24) is 25.8 Å². The van der Waals surface area contributed by atoms with E-state index in [4.69, 9.17) is 0 Å². The van der Waals surface area contributed by atoms with Crippen LogP contribution in [0.4, 0.5) is 11.4 Å². The minimum Gasteiger partial charge on any atom is -0.412 e. The lowest BCUT2D eigenvalue weighted by Gasteiger charge is -2.43. The van der Waals surface area contributed by atoms with Crippen LogP contribution in [0.5, 0.6) is 0 Å². The van der Waals surface area contributed by atoms with Gasteiger partial charge in [-0.25, -0.2) is 0 Å². The van der Waals surface area contributed by atoms with E-state index in [-0.39, 0.29) is 29.5 Å². The van der Waals surface area contributed by atoms with Crippen molar-refractivity contribution in [2.45, 2.75) is 57.4 Å². The maximum absolute atomic E-state index is 13.0. The van der Waals surface area contributed by atoms with Crippen LogP contribution >= 0.6 is 12.4 Å². The lowest BCUT2D eigenvalue weighted by molar-refractivity contribution is -0.384. The summed E-state index contributed by atoms with van der Waals surface area (Å²) in [6.07, 6.45) is 4.82.